The van der Waals surface area contributed by atoms with E-state index in [-0.39, 0.29) is 6.04 Å². The van der Waals surface area contributed by atoms with Crippen molar-refractivity contribution in [1.29, 1.82) is 0 Å². The zero-order valence-corrected chi connectivity index (χ0v) is 17.7. The van der Waals surface area contributed by atoms with Gasteiger partial charge in [-0.2, -0.15) is 0 Å². The van der Waals surface area contributed by atoms with Gasteiger partial charge in [-0.05, 0) is 49.8 Å². The normalized spacial score (nSPS) is 32.1. The van der Waals surface area contributed by atoms with Crippen LogP contribution in [-0.4, -0.2) is 49.6 Å². The Kier molecular flexibility index (Phi) is 4.95. The van der Waals surface area contributed by atoms with Gasteiger partial charge in [0.05, 0.1) is 14.2 Å². The van der Waals surface area contributed by atoms with Crippen molar-refractivity contribution in [3.8, 4) is 11.5 Å². The van der Waals surface area contributed by atoms with Crippen molar-refractivity contribution in [2.75, 3.05) is 27.3 Å². The monoisotopic (exact) mass is 386 g/mol. The Hall–Kier alpha value is -1.59. The van der Waals surface area contributed by atoms with Gasteiger partial charge in [-0.15, -0.1) is 0 Å². The highest BCUT2D eigenvalue weighted by atomic mass is 16.5. The van der Waals surface area contributed by atoms with Gasteiger partial charge in [0.2, 0.25) is 0 Å². The van der Waals surface area contributed by atoms with E-state index >= 15 is 0 Å². The van der Waals surface area contributed by atoms with Crippen molar-refractivity contribution in [3.05, 3.63) is 23.3 Å². The molecule has 1 aromatic rings. The highest BCUT2D eigenvalue weighted by molar-refractivity contribution is 5.83. The van der Waals surface area contributed by atoms with E-state index in [4.69, 9.17) is 15.2 Å². The molecule has 2 saturated carbocycles. The fourth-order valence-corrected chi connectivity index (χ4v) is 5.82. The largest absolute Gasteiger partial charge is 0.493 e. The predicted molar refractivity (Wildman–Crippen MR) is 110 cm³/mol. The van der Waals surface area contributed by atoms with Crippen molar-refractivity contribution in [2.45, 2.75) is 69.4 Å². The molecule has 0 spiro atoms. The van der Waals surface area contributed by atoms with Crippen LogP contribution < -0.4 is 15.2 Å². The molecule has 28 heavy (non-hydrogen) atoms. The summed E-state index contributed by atoms with van der Waals surface area (Å²) in [6.45, 7) is 6.53. The number of nitrogens with two attached hydrogens (primary N) is 1. The van der Waals surface area contributed by atoms with E-state index < -0.39 is 11.0 Å². The molecular weight excluding hydrogens is 352 g/mol. The van der Waals surface area contributed by atoms with Gasteiger partial charge in [0.25, 0.3) is 0 Å². The number of methoxy groups -OCH3 is 2. The summed E-state index contributed by atoms with van der Waals surface area (Å²) in [5, 5.41) is 0. The number of hydrogen-bond donors (Lipinski definition) is 1. The first-order valence-corrected chi connectivity index (χ1v) is 10.7. The van der Waals surface area contributed by atoms with E-state index in [9.17, 15) is 4.79 Å². The molecule has 1 aromatic carbocycles. The van der Waals surface area contributed by atoms with Gasteiger partial charge in [-0.25, -0.2) is 0 Å². The second-order valence-electron chi connectivity index (χ2n) is 9.17. The molecule has 3 aliphatic carbocycles. The van der Waals surface area contributed by atoms with Crippen LogP contribution >= 0.6 is 0 Å². The minimum Gasteiger partial charge on any atom is -0.493 e. The van der Waals surface area contributed by atoms with Crippen molar-refractivity contribution in [1.82, 2.24) is 4.90 Å². The fourth-order valence-electron chi connectivity index (χ4n) is 5.82. The van der Waals surface area contributed by atoms with Crippen molar-refractivity contribution in [3.63, 3.8) is 0 Å². The Morgan fingerprint density at radius 1 is 1.25 bits per heavy atom. The smallest absolute Gasteiger partial charge is 0.164 e. The third-order valence-corrected chi connectivity index (χ3v) is 7.62. The molecule has 5 heteroatoms. The quantitative estimate of drug-likeness (QED) is 0.814. The first-order valence-electron chi connectivity index (χ1n) is 10.7. The molecule has 0 radical (unpaired) electrons. The Labute approximate surface area is 168 Å². The molecule has 0 aromatic heterocycles. The third kappa shape index (κ3) is 2.86. The summed E-state index contributed by atoms with van der Waals surface area (Å²) in [5.41, 5.74) is 8.73. The zero-order chi connectivity index (χ0) is 20.1. The van der Waals surface area contributed by atoms with Crippen molar-refractivity contribution in [2.24, 2.45) is 11.7 Å². The van der Waals surface area contributed by atoms with Crippen molar-refractivity contribution < 1.29 is 14.3 Å². The minimum atomic E-state index is -0.461. The van der Waals surface area contributed by atoms with Crippen LogP contribution in [-0.2, 0) is 16.6 Å². The lowest BCUT2D eigenvalue weighted by Gasteiger charge is -2.59. The van der Waals surface area contributed by atoms with E-state index in [1.54, 1.807) is 14.2 Å². The van der Waals surface area contributed by atoms with Crippen LogP contribution in [0, 0.1) is 5.92 Å². The molecule has 2 N–H and O–H groups in total. The molecule has 0 saturated heterocycles. The number of nitrogens with zero attached hydrogens (tertiary/aromatic N) is 1. The molecule has 5 nitrogen and oxygen atoms in total. The van der Waals surface area contributed by atoms with Gasteiger partial charge in [0.15, 0.2) is 11.5 Å². The standard InChI is InChI=1S/C23H34N2O3/c1-5-25(14-15-6-7-15)19-12-16-8-9-18(27-3)21(28-4)20(16)22(2)13-17(26)10-11-23(19,22)24/h8-9,15,19H,5-7,10-14,24H2,1-4H3/t19-,22?,23-/m1/s1. The van der Waals surface area contributed by atoms with Gasteiger partial charge >= 0.3 is 0 Å². The van der Waals surface area contributed by atoms with Gasteiger partial charge in [0.1, 0.15) is 5.78 Å². The Morgan fingerprint density at radius 3 is 2.61 bits per heavy atom. The lowest BCUT2D eigenvalue weighted by atomic mass is 9.51. The first-order chi connectivity index (χ1) is 13.4. The summed E-state index contributed by atoms with van der Waals surface area (Å²) in [7, 11) is 3.34. The highest BCUT2D eigenvalue weighted by Crippen LogP contribution is 2.56. The van der Waals surface area contributed by atoms with Crippen LogP contribution in [0.2, 0.25) is 0 Å². The van der Waals surface area contributed by atoms with Crippen LogP contribution in [0.15, 0.2) is 12.1 Å². The molecule has 0 heterocycles. The Bertz CT molecular complexity index is 775. The maximum atomic E-state index is 12.6. The molecule has 2 fully saturated rings. The molecule has 3 aliphatic rings. The summed E-state index contributed by atoms with van der Waals surface area (Å²) in [4.78, 5) is 15.2. The number of hydrogen-bond acceptors (Lipinski definition) is 5. The lowest BCUT2D eigenvalue weighted by Crippen LogP contribution is -2.73. The predicted octanol–water partition coefficient (Wildman–Crippen LogP) is 3.07. The summed E-state index contributed by atoms with van der Waals surface area (Å²) in [5.74, 6) is 2.57. The number of Topliss-reactive ketones (excluding diaryl/α,β-unsaturated/α-hetero) is 1. The summed E-state index contributed by atoms with van der Waals surface area (Å²) >= 11 is 0. The van der Waals surface area contributed by atoms with Crippen LogP contribution in [0.1, 0.15) is 57.1 Å². The summed E-state index contributed by atoms with van der Waals surface area (Å²) in [6.07, 6.45) is 5.34. The molecule has 154 valence electrons. The molecule has 0 amide bonds. The fraction of sp³-hybridized carbons (Fsp3) is 0.696. The van der Waals surface area contributed by atoms with Crippen LogP contribution in [0.25, 0.3) is 0 Å². The van der Waals surface area contributed by atoms with Gasteiger partial charge in [-0.1, -0.05) is 19.9 Å². The molecular formula is C23H34N2O3. The second-order valence-corrected chi connectivity index (χ2v) is 9.17. The first kappa shape index (κ1) is 19.7. The van der Waals surface area contributed by atoms with Crippen LogP contribution in [0.4, 0.5) is 0 Å². The van der Waals surface area contributed by atoms with Crippen LogP contribution in [0.3, 0.4) is 0 Å². The molecule has 1 unspecified atom stereocenters. The number of fused-ring (bicyclic) bond motifs is 3. The van der Waals surface area contributed by atoms with E-state index in [2.05, 4.69) is 24.8 Å². The maximum Gasteiger partial charge on any atom is 0.164 e. The van der Waals surface area contributed by atoms with E-state index in [0.29, 0.717) is 24.4 Å². The lowest BCUT2D eigenvalue weighted by molar-refractivity contribution is -0.125. The van der Waals surface area contributed by atoms with Crippen LogP contribution in [0.5, 0.6) is 11.5 Å². The van der Waals surface area contributed by atoms with E-state index in [1.165, 1.54) is 18.4 Å². The maximum absolute atomic E-state index is 12.6. The van der Waals surface area contributed by atoms with Gasteiger partial charge in [-0.3, -0.25) is 9.69 Å². The van der Waals surface area contributed by atoms with E-state index in [0.717, 1.165) is 43.2 Å². The van der Waals surface area contributed by atoms with Gasteiger partial charge in [0, 0.05) is 41.9 Å². The molecule has 0 aliphatic heterocycles. The van der Waals surface area contributed by atoms with Crippen molar-refractivity contribution >= 4 is 5.78 Å². The third-order valence-electron chi connectivity index (χ3n) is 7.62. The number of ether oxygens (including phenoxy) is 2. The molecule has 3 atom stereocenters. The minimum absolute atomic E-state index is 0.238. The summed E-state index contributed by atoms with van der Waals surface area (Å²) in [6, 6.07) is 4.38. The number of likely N-dealkylation sites (N-methyl/N-ethyl adjacent to an activating group) is 1. The number of ketones is 1. The Morgan fingerprint density at radius 2 is 2.00 bits per heavy atom. The number of carbonyl (C=O) groups excluding carboxylic acids is 1. The average Bonchev–Trinajstić information content (AvgIpc) is 3.50. The SMILES string of the molecule is CCN(CC1CC1)[C@@H]1Cc2ccc(OC)c(OC)c2C2(C)CC(=O)CC[C@@]12N. The highest BCUT2D eigenvalue weighted by Gasteiger charge is 2.60. The second kappa shape index (κ2) is 7.03. The Balaban J connectivity index is 1.88. The van der Waals surface area contributed by atoms with Gasteiger partial charge < -0.3 is 15.2 Å². The van der Waals surface area contributed by atoms with E-state index in [1.807, 2.05) is 6.07 Å². The average molecular weight is 387 g/mol. The topological polar surface area (TPSA) is 64.8 Å². The number of benzene rings is 1. The summed E-state index contributed by atoms with van der Waals surface area (Å²) < 4.78 is 11.4. The number of carbonyl (C=O) groups is 1. The molecule has 0 bridgehead atoms. The number of rotatable bonds is 6. The molecule has 4 rings (SSSR count). The zero-order valence-electron chi connectivity index (χ0n) is 17.7.